The van der Waals surface area contributed by atoms with Crippen molar-refractivity contribution < 1.29 is 22.8 Å². The second kappa shape index (κ2) is 9.61. The molecule has 182 valence electrons. The topological polar surface area (TPSA) is 108 Å². The largest absolute Gasteiger partial charge is 0.433 e. The number of hydrogen-bond donors (Lipinski definition) is 1. The Kier molecular flexibility index (Phi) is 6.59. The van der Waals surface area contributed by atoms with Gasteiger partial charge in [0.1, 0.15) is 11.6 Å². The molecule has 1 amide bonds. The monoisotopic (exact) mass is 482 g/mol. The van der Waals surface area contributed by atoms with Crippen LogP contribution in [0.25, 0.3) is 23.1 Å². The molecule has 4 rings (SSSR count). The minimum atomic E-state index is -3.27. The van der Waals surface area contributed by atoms with E-state index in [1.54, 1.807) is 29.8 Å². The first-order chi connectivity index (χ1) is 16.6. The fourth-order valence-corrected chi connectivity index (χ4v) is 3.30. The number of carbonyl (C=O) groups excluding carboxylic acids is 1. The van der Waals surface area contributed by atoms with Gasteiger partial charge in [0.25, 0.3) is 11.8 Å². The molecule has 2 aromatic carbocycles. The fourth-order valence-electron chi connectivity index (χ4n) is 3.30. The molecule has 0 bridgehead atoms. The second-order valence-corrected chi connectivity index (χ2v) is 8.33. The summed E-state index contributed by atoms with van der Waals surface area (Å²) in [5, 5.41) is 11.3. The molecule has 0 saturated heterocycles. The third-order valence-corrected chi connectivity index (χ3v) is 4.82. The Balaban J connectivity index is 1.49. The summed E-state index contributed by atoms with van der Waals surface area (Å²) < 4.78 is 37.5. The molecule has 4 aromatic rings. The van der Waals surface area contributed by atoms with Gasteiger partial charge in [0.05, 0.1) is 6.54 Å². The maximum atomic E-state index is 13.0. The first-order valence-electron chi connectivity index (χ1n) is 10.9. The molecule has 0 atom stereocenters. The smallest absolute Gasteiger partial charge is 0.394 e. The number of rotatable bonds is 8. The number of nitrogens with zero attached hydrogens (tertiary/aromatic N) is 5. The van der Waals surface area contributed by atoms with Crippen LogP contribution in [0.5, 0.6) is 5.75 Å². The number of ether oxygens (including phenoxy) is 1. The number of carbonyl (C=O) groups is 1. The number of halogens is 2. The molecule has 0 aliphatic rings. The quantitative estimate of drug-likeness (QED) is 0.394. The Labute approximate surface area is 200 Å². The highest BCUT2D eigenvalue weighted by atomic mass is 19.3. The lowest BCUT2D eigenvalue weighted by Crippen LogP contribution is -2.30. The van der Waals surface area contributed by atoms with Gasteiger partial charge in [0.15, 0.2) is 0 Å². The van der Waals surface area contributed by atoms with E-state index in [1.807, 2.05) is 32.0 Å². The van der Waals surface area contributed by atoms with Crippen LogP contribution in [0.4, 0.5) is 8.78 Å². The summed E-state index contributed by atoms with van der Waals surface area (Å²) in [6.07, 6.45) is -3.27. The highest BCUT2D eigenvalue weighted by Crippen LogP contribution is 2.25. The lowest BCUT2D eigenvalue weighted by molar-refractivity contribution is -0.158. The number of aryl methyl sites for hydroxylation is 1. The highest BCUT2D eigenvalue weighted by molar-refractivity contribution is 5.94. The fraction of sp³-hybridized carbons (Fsp3) is 0.292. The van der Waals surface area contributed by atoms with E-state index in [0.717, 1.165) is 5.56 Å². The van der Waals surface area contributed by atoms with Gasteiger partial charge in [-0.05, 0) is 62.7 Å². The number of benzene rings is 2. The molecule has 0 radical (unpaired) electrons. The van der Waals surface area contributed by atoms with Gasteiger partial charge in [-0.3, -0.25) is 4.79 Å². The van der Waals surface area contributed by atoms with Crippen molar-refractivity contribution in [1.82, 2.24) is 30.2 Å². The summed E-state index contributed by atoms with van der Waals surface area (Å²) in [4.78, 5) is 21.0. The van der Waals surface area contributed by atoms with Crippen molar-refractivity contribution in [3.05, 3.63) is 65.5 Å². The second-order valence-electron chi connectivity index (χ2n) is 8.33. The average molecular weight is 482 g/mol. The minimum Gasteiger partial charge on any atom is -0.433 e. The van der Waals surface area contributed by atoms with Gasteiger partial charge >= 0.3 is 6.11 Å². The highest BCUT2D eigenvalue weighted by Gasteiger charge is 2.23. The molecule has 0 aliphatic carbocycles. The van der Waals surface area contributed by atoms with Crippen LogP contribution in [-0.2, 0) is 6.54 Å². The van der Waals surface area contributed by atoms with Crippen molar-refractivity contribution in [2.75, 3.05) is 0 Å². The molecule has 0 saturated carbocycles. The summed E-state index contributed by atoms with van der Waals surface area (Å²) in [5.74, 6) is 1.13. The van der Waals surface area contributed by atoms with Crippen LogP contribution >= 0.6 is 0 Å². The number of amides is 1. The molecule has 11 heteroatoms. The van der Waals surface area contributed by atoms with E-state index in [9.17, 15) is 13.6 Å². The summed E-state index contributed by atoms with van der Waals surface area (Å²) in [7, 11) is 0. The van der Waals surface area contributed by atoms with Crippen molar-refractivity contribution in [2.45, 2.75) is 46.4 Å². The predicted octanol–water partition coefficient (Wildman–Crippen LogP) is 4.48. The van der Waals surface area contributed by atoms with Crippen LogP contribution < -0.4 is 10.1 Å². The molecule has 0 fully saturated rings. The van der Waals surface area contributed by atoms with Gasteiger partial charge in [-0.15, -0.1) is 5.10 Å². The normalized spacial score (nSPS) is 11.6. The van der Waals surface area contributed by atoms with Crippen LogP contribution in [0.2, 0.25) is 0 Å². The lowest BCUT2D eigenvalue weighted by atomic mass is 10.1. The molecule has 1 N–H and O–H groups in total. The van der Waals surface area contributed by atoms with Gasteiger partial charge in [-0.2, -0.15) is 13.8 Å². The maximum absolute atomic E-state index is 13.0. The lowest BCUT2D eigenvalue weighted by Gasteiger charge is -2.12. The zero-order valence-corrected chi connectivity index (χ0v) is 19.6. The van der Waals surface area contributed by atoms with E-state index in [-0.39, 0.29) is 35.2 Å². The minimum absolute atomic E-state index is 0.0201. The van der Waals surface area contributed by atoms with Crippen molar-refractivity contribution in [1.29, 1.82) is 0 Å². The molecule has 0 spiro atoms. The third-order valence-electron chi connectivity index (χ3n) is 4.82. The van der Waals surface area contributed by atoms with Gasteiger partial charge in [0.2, 0.25) is 11.6 Å². The molecule has 0 aliphatic heterocycles. The first-order valence-corrected chi connectivity index (χ1v) is 10.9. The van der Waals surface area contributed by atoms with Crippen LogP contribution in [0.1, 0.15) is 42.5 Å². The van der Waals surface area contributed by atoms with Crippen LogP contribution in [-0.4, -0.2) is 43.0 Å². The number of alkyl halides is 2. The number of nitrogens with one attached hydrogen (secondary N) is 1. The summed E-state index contributed by atoms with van der Waals surface area (Å²) in [6.45, 7) is 6.67. The molecule has 9 nitrogen and oxygen atoms in total. The number of hydrogen-bond acceptors (Lipinski definition) is 7. The van der Waals surface area contributed by atoms with E-state index >= 15 is 0 Å². The Morgan fingerprint density at radius 1 is 1.14 bits per heavy atom. The standard InChI is InChI=1S/C24H24F2N6O3/c1-14(2)27-22(33)18-7-5-6-16(12-18)13-32-15(3)28-21(30-32)23-29-20(31-35-23)17-8-10-19(11-9-17)34-24(4,25)26/h5-12,14H,13H2,1-4H3,(H,27,33). The van der Waals surface area contributed by atoms with Crippen molar-refractivity contribution in [3.63, 3.8) is 0 Å². The van der Waals surface area contributed by atoms with Crippen molar-refractivity contribution in [3.8, 4) is 28.9 Å². The number of aromatic nitrogens is 5. The van der Waals surface area contributed by atoms with E-state index in [4.69, 9.17) is 4.52 Å². The van der Waals surface area contributed by atoms with E-state index in [2.05, 4.69) is 30.3 Å². The van der Waals surface area contributed by atoms with Crippen LogP contribution in [0, 0.1) is 6.92 Å². The van der Waals surface area contributed by atoms with E-state index in [0.29, 0.717) is 30.4 Å². The Bertz CT molecular complexity index is 1330. The molecular weight excluding hydrogens is 458 g/mol. The first kappa shape index (κ1) is 24.0. The van der Waals surface area contributed by atoms with Gasteiger partial charge in [-0.1, -0.05) is 17.3 Å². The summed E-state index contributed by atoms with van der Waals surface area (Å²) >= 11 is 0. The van der Waals surface area contributed by atoms with Crippen molar-refractivity contribution in [2.24, 2.45) is 0 Å². The zero-order valence-electron chi connectivity index (χ0n) is 19.6. The van der Waals surface area contributed by atoms with Gasteiger partial charge in [0, 0.05) is 24.1 Å². The Morgan fingerprint density at radius 2 is 1.89 bits per heavy atom. The molecule has 0 unspecified atom stereocenters. The maximum Gasteiger partial charge on any atom is 0.394 e. The van der Waals surface area contributed by atoms with Crippen molar-refractivity contribution >= 4 is 5.91 Å². The molecule has 2 heterocycles. The van der Waals surface area contributed by atoms with E-state index < -0.39 is 6.11 Å². The predicted molar refractivity (Wildman–Crippen MR) is 123 cm³/mol. The zero-order chi connectivity index (χ0) is 25.2. The third kappa shape index (κ3) is 6.05. The SMILES string of the molecule is Cc1nc(-c2nc(-c3ccc(OC(C)(F)F)cc3)no2)nn1Cc1cccc(C(=O)NC(C)C)c1. The van der Waals surface area contributed by atoms with Crippen LogP contribution in [0.15, 0.2) is 53.1 Å². The molecular formula is C24H24F2N6O3. The molecule has 35 heavy (non-hydrogen) atoms. The van der Waals surface area contributed by atoms with Gasteiger partial charge in [-0.25, -0.2) is 9.67 Å². The van der Waals surface area contributed by atoms with Crippen LogP contribution in [0.3, 0.4) is 0 Å². The summed E-state index contributed by atoms with van der Waals surface area (Å²) in [5.41, 5.74) is 2.00. The van der Waals surface area contributed by atoms with Gasteiger partial charge < -0.3 is 14.6 Å². The molecule has 2 aromatic heterocycles. The summed E-state index contributed by atoms with van der Waals surface area (Å²) in [6, 6.07) is 13.2. The average Bonchev–Trinajstić information content (AvgIpc) is 3.40. The Hall–Kier alpha value is -4.15. The Morgan fingerprint density at radius 3 is 2.57 bits per heavy atom. The van der Waals surface area contributed by atoms with E-state index in [1.165, 1.54) is 12.1 Å².